The lowest BCUT2D eigenvalue weighted by Gasteiger charge is -2.36. The van der Waals surface area contributed by atoms with Gasteiger partial charge in [0.2, 0.25) is 6.35 Å². The molecule has 27 heavy (non-hydrogen) atoms. The van der Waals surface area contributed by atoms with Crippen molar-refractivity contribution in [1.82, 2.24) is 10.2 Å². The van der Waals surface area contributed by atoms with Crippen molar-refractivity contribution in [3.63, 3.8) is 0 Å². The smallest absolute Gasteiger partial charge is 0.356 e. The van der Waals surface area contributed by atoms with Gasteiger partial charge in [0.05, 0.1) is 0 Å². The first-order chi connectivity index (χ1) is 12.8. The van der Waals surface area contributed by atoms with Crippen LogP contribution in [0.4, 0.5) is 8.78 Å². The van der Waals surface area contributed by atoms with Crippen LogP contribution in [0.15, 0.2) is 42.1 Å². The quantitative estimate of drug-likeness (QED) is 0.538. The fraction of sp³-hybridized carbons (Fsp3) is 0.438. The number of ether oxygens (including phenoxy) is 1. The number of para-hydroxylation sites is 1. The summed E-state index contributed by atoms with van der Waals surface area (Å²) in [5.74, 6) is -2.55. The van der Waals surface area contributed by atoms with Gasteiger partial charge in [0.15, 0.2) is 18.5 Å². The SMILES string of the molecule is CC1=CN([C@H]2C[C@H](F)[C@@](F)(CO[P+](=O)Oc3ccccc3)O2)C(O)NC1=S. The molecule has 2 aliphatic heterocycles. The fourth-order valence-corrected chi connectivity index (χ4v) is 3.43. The number of nitrogens with one attached hydrogen (secondary N) is 1. The Morgan fingerprint density at radius 1 is 1.48 bits per heavy atom. The highest BCUT2D eigenvalue weighted by Gasteiger charge is 2.55. The molecular weight excluding hydrogens is 401 g/mol. The molecule has 0 amide bonds. The molecule has 1 saturated heterocycles. The first kappa shape index (κ1) is 20.0. The van der Waals surface area contributed by atoms with Crippen LogP contribution in [-0.2, 0) is 13.8 Å². The average molecular weight is 419 g/mol. The number of hydrogen-bond donors (Lipinski definition) is 2. The second-order valence-corrected chi connectivity index (χ2v) is 7.37. The molecule has 1 aromatic carbocycles. The molecule has 2 unspecified atom stereocenters. The van der Waals surface area contributed by atoms with Crippen LogP contribution in [0.3, 0.4) is 0 Å². The van der Waals surface area contributed by atoms with E-state index in [0.717, 1.165) is 0 Å². The van der Waals surface area contributed by atoms with E-state index in [1.165, 1.54) is 11.1 Å². The Morgan fingerprint density at radius 3 is 2.89 bits per heavy atom. The molecule has 0 aliphatic carbocycles. The monoisotopic (exact) mass is 419 g/mol. The molecule has 2 N–H and O–H groups in total. The van der Waals surface area contributed by atoms with Crippen molar-refractivity contribution < 1.29 is 32.2 Å². The Hall–Kier alpha value is -1.71. The number of rotatable bonds is 6. The molecule has 146 valence electrons. The van der Waals surface area contributed by atoms with Gasteiger partial charge in [-0.05, 0) is 24.6 Å². The third kappa shape index (κ3) is 4.59. The van der Waals surface area contributed by atoms with Crippen molar-refractivity contribution in [2.75, 3.05) is 6.61 Å². The molecule has 5 atom stereocenters. The van der Waals surface area contributed by atoms with Gasteiger partial charge in [-0.3, -0.25) is 0 Å². The zero-order valence-corrected chi connectivity index (χ0v) is 16.0. The van der Waals surface area contributed by atoms with Crippen LogP contribution in [-0.4, -0.2) is 46.2 Å². The number of aliphatic hydroxyl groups excluding tert-OH is 1. The van der Waals surface area contributed by atoms with Crippen molar-refractivity contribution in [3.8, 4) is 5.75 Å². The molecular formula is C16H18F2N2O5PS+. The standard InChI is InChI=1S/C16H17F2N2O5PS/c1-10-8-20(15(21)19-14(10)27)13-7-12(17)16(18,24-13)9-23-26(22)25-11-5-3-2-4-6-11/h2-6,8,12-13,15,21H,7,9H2,1H3/p+1/t12-,13+,15?,16+/m0/s1. The first-order valence-electron chi connectivity index (χ1n) is 8.07. The zero-order valence-electron chi connectivity index (χ0n) is 14.2. The number of benzene rings is 1. The van der Waals surface area contributed by atoms with E-state index >= 15 is 0 Å². The molecule has 2 heterocycles. The minimum atomic E-state index is -2.82. The molecule has 2 aliphatic rings. The van der Waals surface area contributed by atoms with E-state index in [2.05, 4.69) is 5.32 Å². The minimum absolute atomic E-state index is 0.271. The molecule has 0 radical (unpaired) electrons. The van der Waals surface area contributed by atoms with Gasteiger partial charge in [0.25, 0.3) is 5.85 Å². The first-order valence-corrected chi connectivity index (χ1v) is 9.57. The average Bonchev–Trinajstić information content (AvgIpc) is 2.92. The lowest BCUT2D eigenvalue weighted by molar-refractivity contribution is -0.213. The maximum absolute atomic E-state index is 14.8. The van der Waals surface area contributed by atoms with Gasteiger partial charge in [0.1, 0.15) is 11.2 Å². The van der Waals surface area contributed by atoms with Crippen LogP contribution in [0.2, 0.25) is 0 Å². The van der Waals surface area contributed by atoms with E-state index in [9.17, 15) is 18.5 Å². The topological polar surface area (TPSA) is 80.3 Å². The molecule has 0 spiro atoms. The number of thiocarbonyl (C=S) groups is 1. The van der Waals surface area contributed by atoms with Crippen LogP contribution in [0.5, 0.6) is 5.75 Å². The summed E-state index contributed by atoms with van der Waals surface area (Å²) in [6.07, 6.45) is -3.31. The van der Waals surface area contributed by atoms with E-state index in [0.29, 0.717) is 10.6 Å². The van der Waals surface area contributed by atoms with Gasteiger partial charge in [-0.15, -0.1) is 4.52 Å². The summed E-state index contributed by atoms with van der Waals surface area (Å²) in [5.41, 5.74) is 0.612. The summed E-state index contributed by atoms with van der Waals surface area (Å²) < 4.78 is 55.9. The minimum Gasteiger partial charge on any atom is -0.356 e. The van der Waals surface area contributed by atoms with Crippen molar-refractivity contribution >= 4 is 25.5 Å². The third-order valence-corrected chi connectivity index (χ3v) is 5.21. The van der Waals surface area contributed by atoms with Crippen molar-refractivity contribution in [2.45, 2.75) is 38.0 Å². The van der Waals surface area contributed by atoms with Crippen LogP contribution < -0.4 is 9.84 Å². The summed E-state index contributed by atoms with van der Waals surface area (Å²) >= 11 is 5.00. The molecule has 0 saturated carbocycles. The summed E-state index contributed by atoms with van der Waals surface area (Å²) in [6.45, 7) is 0.763. The van der Waals surface area contributed by atoms with E-state index in [4.69, 9.17) is 26.0 Å². The maximum Gasteiger partial charge on any atom is 0.750 e. The predicted octanol–water partition coefficient (Wildman–Crippen LogP) is 2.90. The normalized spacial score (nSPS) is 31.3. The Balaban J connectivity index is 1.59. The van der Waals surface area contributed by atoms with Gasteiger partial charge in [0, 0.05) is 17.2 Å². The summed E-state index contributed by atoms with van der Waals surface area (Å²) in [7, 11) is -2.72. The lowest BCUT2D eigenvalue weighted by atomic mass is 10.1. The second kappa shape index (κ2) is 8.12. The summed E-state index contributed by atoms with van der Waals surface area (Å²) in [6, 6.07) is 8.16. The second-order valence-electron chi connectivity index (χ2n) is 6.07. The summed E-state index contributed by atoms with van der Waals surface area (Å²) in [4.78, 5) is 1.55. The molecule has 0 aromatic heterocycles. The van der Waals surface area contributed by atoms with Gasteiger partial charge in [-0.1, -0.05) is 30.4 Å². The van der Waals surface area contributed by atoms with Crippen molar-refractivity contribution in [3.05, 3.63) is 42.1 Å². The number of hydrogen-bond acceptors (Lipinski definition) is 7. The van der Waals surface area contributed by atoms with E-state index < -0.39 is 39.5 Å². The summed E-state index contributed by atoms with van der Waals surface area (Å²) in [5, 5.41) is 12.6. The van der Waals surface area contributed by atoms with Crippen molar-refractivity contribution in [1.29, 1.82) is 0 Å². The molecule has 1 aromatic rings. The predicted molar refractivity (Wildman–Crippen MR) is 96.2 cm³/mol. The molecule has 1 fully saturated rings. The highest BCUT2D eigenvalue weighted by atomic mass is 32.1. The molecule has 3 rings (SSSR count). The van der Waals surface area contributed by atoms with Crippen LogP contribution in [0, 0.1) is 0 Å². The highest BCUT2D eigenvalue weighted by Crippen LogP contribution is 2.40. The fourth-order valence-electron chi connectivity index (χ4n) is 2.64. The Labute approximate surface area is 160 Å². The number of halogens is 2. The zero-order chi connectivity index (χ0) is 19.6. The van der Waals surface area contributed by atoms with E-state index in [1.54, 1.807) is 37.3 Å². The Morgan fingerprint density at radius 2 is 2.19 bits per heavy atom. The molecule has 0 bridgehead atoms. The van der Waals surface area contributed by atoms with Crippen LogP contribution in [0.1, 0.15) is 13.3 Å². The maximum atomic E-state index is 14.8. The number of aliphatic hydroxyl groups is 1. The van der Waals surface area contributed by atoms with E-state index in [1.807, 2.05) is 0 Å². The van der Waals surface area contributed by atoms with Gasteiger partial charge < -0.3 is 20.1 Å². The van der Waals surface area contributed by atoms with Gasteiger partial charge in [-0.25, -0.2) is 13.3 Å². The highest BCUT2D eigenvalue weighted by molar-refractivity contribution is 7.80. The number of nitrogens with zero attached hydrogens (tertiary/aromatic N) is 1. The number of alkyl halides is 2. The van der Waals surface area contributed by atoms with E-state index in [-0.39, 0.29) is 12.2 Å². The third-order valence-electron chi connectivity index (χ3n) is 4.07. The van der Waals surface area contributed by atoms with Crippen LogP contribution in [0.25, 0.3) is 0 Å². The molecule has 7 nitrogen and oxygen atoms in total. The largest absolute Gasteiger partial charge is 0.750 e. The van der Waals surface area contributed by atoms with Gasteiger partial charge >= 0.3 is 8.25 Å². The Bertz CT molecular complexity index is 756. The van der Waals surface area contributed by atoms with Crippen LogP contribution >= 0.6 is 20.5 Å². The lowest BCUT2D eigenvalue weighted by Crippen LogP contribution is -2.53. The Kier molecular flexibility index (Phi) is 6.02. The molecule has 11 heteroatoms. The van der Waals surface area contributed by atoms with Crippen molar-refractivity contribution in [2.24, 2.45) is 0 Å². The van der Waals surface area contributed by atoms with Gasteiger partial charge in [-0.2, -0.15) is 0 Å².